The van der Waals surface area contributed by atoms with Crippen LogP contribution in [0.25, 0.3) is 0 Å². The minimum atomic E-state index is -4.50. The molecule has 5 nitrogen and oxygen atoms in total. The van der Waals surface area contributed by atoms with Gasteiger partial charge in [-0.2, -0.15) is 13.2 Å². The van der Waals surface area contributed by atoms with Crippen LogP contribution in [0.1, 0.15) is 29.3 Å². The summed E-state index contributed by atoms with van der Waals surface area (Å²) >= 11 is 0. The van der Waals surface area contributed by atoms with Crippen LogP contribution in [0.5, 0.6) is 11.6 Å². The molecule has 8 heteroatoms. The van der Waals surface area contributed by atoms with E-state index in [0.717, 1.165) is 18.6 Å². The van der Waals surface area contributed by atoms with E-state index in [1.807, 2.05) is 6.92 Å². The average Bonchev–Trinajstić information content (AvgIpc) is 2.81. The molecule has 1 aromatic carbocycles. The van der Waals surface area contributed by atoms with Crippen molar-refractivity contribution in [3.63, 3.8) is 0 Å². The summed E-state index contributed by atoms with van der Waals surface area (Å²) in [6.45, 7) is 2.36. The molecule has 0 atom stereocenters. The van der Waals surface area contributed by atoms with Gasteiger partial charge in [-0.1, -0.05) is 13.0 Å². The molecular formula is C14H13F3N2O3. The second-order valence-electron chi connectivity index (χ2n) is 4.54. The van der Waals surface area contributed by atoms with Crippen LogP contribution in [0.2, 0.25) is 0 Å². The Kier molecular flexibility index (Phi) is 4.39. The van der Waals surface area contributed by atoms with Gasteiger partial charge < -0.3 is 9.84 Å². The molecule has 0 spiro atoms. The summed E-state index contributed by atoms with van der Waals surface area (Å²) in [5, 5.41) is 13.0. The van der Waals surface area contributed by atoms with Crippen LogP contribution in [0, 0.1) is 0 Å². The lowest BCUT2D eigenvalue weighted by Gasteiger charge is -2.09. The lowest BCUT2D eigenvalue weighted by Crippen LogP contribution is -2.05. The van der Waals surface area contributed by atoms with E-state index in [0.29, 0.717) is 6.54 Å². The first-order chi connectivity index (χ1) is 10.3. The number of aromatic nitrogens is 2. The van der Waals surface area contributed by atoms with E-state index in [1.54, 1.807) is 0 Å². The molecule has 2 rings (SSSR count). The number of carboxylic acid groups (broad SMARTS) is 1. The van der Waals surface area contributed by atoms with Gasteiger partial charge in [0.05, 0.1) is 5.56 Å². The summed E-state index contributed by atoms with van der Waals surface area (Å²) in [6, 6.07) is 4.19. The standard InChI is InChI=1S/C14H13F3N2O3/c1-2-6-19-8-11(13(20)21)12(18-19)22-10-5-3-4-9(7-10)14(15,16)17/h3-5,7-8H,2,6H2,1H3,(H,20,21). The van der Waals surface area contributed by atoms with Crippen LogP contribution in [-0.2, 0) is 12.7 Å². The summed E-state index contributed by atoms with van der Waals surface area (Å²) in [4.78, 5) is 11.1. The van der Waals surface area contributed by atoms with Crippen molar-refractivity contribution < 1.29 is 27.8 Å². The zero-order valence-electron chi connectivity index (χ0n) is 11.6. The van der Waals surface area contributed by atoms with Gasteiger partial charge in [-0.05, 0) is 24.6 Å². The number of hydrogen-bond acceptors (Lipinski definition) is 3. The Morgan fingerprint density at radius 2 is 2.14 bits per heavy atom. The molecule has 0 aliphatic heterocycles. The van der Waals surface area contributed by atoms with Crippen molar-refractivity contribution in [2.45, 2.75) is 26.1 Å². The SMILES string of the molecule is CCCn1cc(C(=O)O)c(Oc2cccc(C(F)(F)F)c2)n1. The van der Waals surface area contributed by atoms with E-state index >= 15 is 0 Å². The monoisotopic (exact) mass is 314 g/mol. The van der Waals surface area contributed by atoms with Crippen LogP contribution in [-0.4, -0.2) is 20.9 Å². The topological polar surface area (TPSA) is 64.4 Å². The predicted molar refractivity (Wildman–Crippen MR) is 71.0 cm³/mol. The maximum absolute atomic E-state index is 12.6. The molecule has 118 valence electrons. The van der Waals surface area contributed by atoms with Gasteiger partial charge in [-0.3, -0.25) is 4.68 Å². The summed E-state index contributed by atoms with van der Waals surface area (Å²) in [7, 11) is 0. The third kappa shape index (κ3) is 3.57. The molecule has 0 saturated heterocycles. The van der Waals surface area contributed by atoms with Crippen LogP contribution < -0.4 is 4.74 Å². The maximum atomic E-state index is 12.6. The van der Waals surface area contributed by atoms with E-state index < -0.39 is 17.7 Å². The molecule has 1 aromatic heterocycles. The lowest BCUT2D eigenvalue weighted by molar-refractivity contribution is -0.137. The number of hydrogen-bond donors (Lipinski definition) is 1. The second kappa shape index (κ2) is 6.08. The highest BCUT2D eigenvalue weighted by Gasteiger charge is 2.30. The van der Waals surface area contributed by atoms with Gasteiger partial charge in [-0.25, -0.2) is 4.79 Å². The predicted octanol–water partition coefficient (Wildman–Crippen LogP) is 3.80. The smallest absolute Gasteiger partial charge is 0.416 e. The van der Waals surface area contributed by atoms with E-state index in [9.17, 15) is 18.0 Å². The van der Waals surface area contributed by atoms with Gasteiger partial charge in [0.2, 0.25) is 0 Å². The molecule has 0 bridgehead atoms. The van der Waals surface area contributed by atoms with Gasteiger partial charge in [0.15, 0.2) is 0 Å². The fourth-order valence-corrected chi connectivity index (χ4v) is 1.82. The Balaban J connectivity index is 2.32. The minimum absolute atomic E-state index is 0.126. The number of nitrogens with zero attached hydrogens (tertiary/aromatic N) is 2. The van der Waals surface area contributed by atoms with Crippen molar-refractivity contribution in [3.8, 4) is 11.6 Å². The number of aryl methyl sites for hydroxylation is 1. The van der Waals surface area contributed by atoms with Crippen molar-refractivity contribution in [2.24, 2.45) is 0 Å². The largest absolute Gasteiger partial charge is 0.477 e. The van der Waals surface area contributed by atoms with E-state index in [1.165, 1.54) is 23.0 Å². The fraction of sp³-hybridized carbons (Fsp3) is 0.286. The number of carboxylic acids is 1. The van der Waals surface area contributed by atoms with Crippen LogP contribution in [0.4, 0.5) is 13.2 Å². The van der Waals surface area contributed by atoms with Crippen molar-refractivity contribution in [1.82, 2.24) is 9.78 Å². The molecule has 22 heavy (non-hydrogen) atoms. The lowest BCUT2D eigenvalue weighted by atomic mass is 10.2. The molecule has 0 aliphatic carbocycles. The Morgan fingerprint density at radius 1 is 1.41 bits per heavy atom. The highest BCUT2D eigenvalue weighted by atomic mass is 19.4. The van der Waals surface area contributed by atoms with Crippen molar-refractivity contribution in [1.29, 1.82) is 0 Å². The van der Waals surface area contributed by atoms with Gasteiger partial charge in [0.25, 0.3) is 5.88 Å². The molecule has 0 saturated carbocycles. The third-order valence-corrected chi connectivity index (χ3v) is 2.79. The van der Waals surface area contributed by atoms with Crippen LogP contribution in [0.15, 0.2) is 30.5 Å². The minimum Gasteiger partial charge on any atom is -0.477 e. The first-order valence-corrected chi connectivity index (χ1v) is 6.47. The maximum Gasteiger partial charge on any atom is 0.416 e. The van der Waals surface area contributed by atoms with E-state index in [2.05, 4.69) is 5.10 Å². The highest BCUT2D eigenvalue weighted by molar-refractivity contribution is 5.90. The Hall–Kier alpha value is -2.51. The summed E-state index contributed by atoms with van der Waals surface area (Å²) < 4.78 is 44.5. The molecular weight excluding hydrogens is 301 g/mol. The van der Waals surface area contributed by atoms with Crippen LogP contribution >= 0.6 is 0 Å². The molecule has 1 N–H and O–H groups in total. The molecule has 1 heterocycles. The van der Waals surface area contributed by atoms with Crippen molar-refractivity contribution >= 4 is 5.97 Å². The van der Waals surface area contributed by atoms with Crippen molar-refractivity contribution in [3.05, 3.63) is 41.6 Å². The normalized spacial score (nSPS) is 11.5. The second-order valence-corrected chi connectivity index (χ2v) is 4.54. The Labute approximate surface area is 123 Å². The van der Waals surface area contributed by atoms with Crippen LogP contribution in [0.3, 0.4) is 0 Å². The molecule has 0 amide bonds. The molecule has 0 radical (unpaired) electrons. The zero-order chi connectivity index (χ0) is 16.3. The fourth-order valence-electron chi connectivity index (χ4n) is 1.82. The number of alkyl halides is 3. The number of carbonyl (C=O) groups is 1. The van der Waals surface area contributed by atoms with Gasteiger partial charge in [0, 0.05) is 12.7 Å². The number of rotatable bonds is 5. The highest BCUT2D eigenvalue weighted by Crippen LogP contribution is 2.33. The quantitative estimate of drug-likeness (QED) is 0.911. The summed E-state index contributed by atoms with van der Waals surface area (Å²) in [5.41, 5.74) is -1.08. The molecule has 0 fully saturated rings. The summed E-state index contributed by atoms with van der Waals surface area (Å²) in [6.07, 6.45) is -2.49. The first kappa shape index (κ1) is 15.9. The number of halogens is 3. The van der Waals surface area contributed by atoms with E-state index in [4.69, 9.17) is 9.84 Å². The Morgan fingerprint density at radius 3 is 2.73 bits per heavy atom. The number of benzene rings is 1. The van der Waals surface area contributed by atoms with Gasteiger partial charge >= 0.3 is 12.1 Å². The van der Waals surface area contributed by atoms with Gasteiger partial charge in [0.1, 0.15) is 11.3 Å². The van der Waals surface area contributed by atoms with E-state index in [-0.39, 0.29) is 17.2 Å². The zero-order valence-corrected chi connectivity index (χ0v) is 11.6. The molecule has 0 unspecified atom stereocenters. The average molecular weight is 314 g/mol. The third-order valence-electron chi connectivity index (χ3n) is 2.79. The van der Waals surface area contributed by atoms with Crippen molar-refractivity contribution in [2.75, 3.05) is 0 Å². The summed E-state index contributed by atoms with van der Waals surface area (Å²) in [5.74, 6) is -1.62. The molecule has 2 aromatic rings. The Bertz CT molecular complexity index is 680. The number of ether oxygens (including phenoxy) is 1. The first-order valence-electron chi connectivity index (χ1n) is 6.47. The van der Waals surface area contributed by atoms with Gasteiger partial charge in [-0.15, -0.1) is 5.10 Å². The number of aromatic carboxylic acids is 1. The molecule has 0 aliphatic rings.